The third kappa shape index (κ3) is 3.68. The number of methoxy groups -OCH3 is 1. The Labute approximate surface area is 169 Å². The van der Waals surface area contributed by atoms with Crippen molar-refractivity contribution in [3.8, 4) is 17.2 Å². The summed E-state index contributed by atoms with van der Waals surface area (Å²) in [5.74, 6) is 1.42. The number of nitrogens with zero attached hydrogens (tertiary/aromatic N) is 2. The second-order valence-corrected chi connectivity index (χ2v) is 7.62. The van der Waals surface area contributed by atoms with Crippen molar-refractivity contribution in [1.82, 2.24) is 10.1 Å². The van der Waals surface area contributed by atoms with Crippen LogP contribution < -0.4 is 15.4 Å². The molecule has 3 heterocycles. The van der Waals surface area contributed by atoms with Gasteiger partial charge in [0, 0.05) is 9.90 Å². The monoisotopic (exact) mass is 420 g/mol. The molecule has 2 N–H and O–H groups in total. The van der Waals surface area contributed by atoms with Crippen LogP contribution in [-0.2, 0) is 17.8 Å². The lowest BCUT2D eigenvalue weighted by Crippen LogP contribution is -2.19. The molecule has 2 amide bonds. The number of halogens is 1. The van der Waals surface area contributed by atoms with E-state index < -0.39 is 6.03 Å². The van der Waals surface area contributed by atoms with Crippen molar-refractivity contribution < 1.29 is 18.8 Å². The molecule has 4 rings (SSSR count). The summed E-state index contributed by atoms with van der Waals surface area (Å²) >= 11 is 7.46. The number of anilines is 2. The summed E-state index contributed by atoms with van der Waals surface area (Å²) in [7, 11) is 1.52. The van der Waals surface area contributed by atoms with E-state index in [1.165, 1.54) is 18.4 Å². The molecular weight excluding hydrogens is 404 g/mol. The molecule has 0 atom stereocenters. The fourth-order valence-electron chi connectivity index (χ4n) is 2.98. The zero-order valence-corrected chi connectivity index (χ0v) is 16.7. The van der Waals surface area contributed by atoms with Crippen LogP contribution in [0.15, 0.2) is 22.7 Å². The Bertz CT molecular complexity index is 1030. The molecule has 146 valence electrons. The van der Waals surface area contributed by atoms with Crippen LogP contribution in [0.3, 0.4) is 0 Å². The van der Waals surface area contributed by atoms with Crippen molar-refractivity contribution >= 4 is 39.7 Å². The molecule has 8 nitrogen and oxygen atoms in total. The minimum absolute atomic E-state index is 0.382. The van der Waals surface area contributed by atoms with Gasteiger partial charge in [-0.15, -0.1) is 11.3 Å². The molecule has 0 fully saturated rings. The summed E-state index contributed by atoms with van der Waals surface area (Å²) in [6.07, 6.45) is 0.716. The maximum Gasteiger partial charge on any atom is 0.324 e. The molecule has 0 aliphatic carbocycles. The maximum absolute atomic E-state index is 12.7. The molecule has 0 unspecified atom stereocenters. The summed E-state index contributed by atoms with van der Waals surface area (Å²) in [4.78, 5) is 18.0. The predicted molar refractivity (Wildman–Crippen MR) is 106 cm³/mol. The molecule has 1 aromatic carbocycles. The molecular formula is C18H17ClN4O4S. The van der Waals surface area contributed by atoms with Gasteiger partial charge in [0.25, 0.3) is 5.89 Å². The van der Waals surface area contributed by atoms with Crippen LogP contribution in [-0.4, -0.2) is 29.9 Å². The van der Waals surface area contributed by atoms with Gasteiger partial charge in [0.05, 0.1) is 31.6 Å². The van der Waals surface area contributed by atoms with Gasteiger partial charge in [-0.3, -0.25) is 5.32 Å². The number of benzene rings is 1. The number of ether oxygens (including phenoxy) is 2. The van der Waals surface area contributed by atoms with Gasteiger partial charge in [-0.2, -0.15) is 4.98 Å². The second-order valence-electron chi connectivity index (χ2n) is 6.08. The maximum atomic E-state index is 12.7. The van der Waals surface area contributed by atoms with Gasteiger partial charge in [-0.1, -0.05) is 16.8 Å². The summed E-state index contributed by atoms with van der Waals surface area (Å²) in [6.45, 7) is 2.85. The number of rotatable bonds is 4. The van der Waals surface area contributed by atoms with E-state index in [0.29, 0.717) is 52.8 Å². The van der Waals surface area contributed by atoms with Crippen LogP contribution >= 0.6 is 22.9 Å². The first kappa shape index (κ1) is 18.7. The van der Waals surface area contributed by atoms with E-state index in [9.17, 15) is 4.79 Å². The topological polar surface area (TPSA) is 98.5 Å². The molecule has 3 aromatic rings. The van der Waals surface area contributed by atoms with E-state index in [-0.39, 0.29) is 0 Å². The summed E-state index contributed by atoms with van der Waals surface area (Å²) < 4.78 is 16.2. The zero-order chi connectivity index (χ0) is 19.7. The first-order valence-corrected chi connectivity index (χ1v) is 9.69. The Morgan fingerprint density at radius 2 is 2.21 bits per heavy atom. The van der Waals surface area contributed by atoms with Gasteiger partial charge in [-0.25, -0.2) is 4.79 Å². The van der Waals surface area contributed by atoms with Gasteiger partial charge in [0.1, 0.15) is 10.8 Å². The number of aromatic nitrogens is 2. The number of carbonyl (C=O) groups is 1. The number of hydrogen-bond donors (Lipinski definition) is 2. The van der Waals surface area contributed by atoms with Gasteiger partial charge in [-0.05, 0) is 37.1 Å². The number of thiophene rings is 1. The van der Waals surface area contributed by atoms with E-state index in [1.807, 2.05) is 0 Å². The molecule has 0 bridgehead atoms. The van der Waals surface area contributed by atoms with Crippen LogP contribution in [0.2, 0.25) is 5.02 Å². The van der Waals surface area contributed by atoms with Crippen molar-refractivity contribution in [2.24, 2.45) is 0 Å². The third-order valence-corrected chi connectivity index (χ3v) is 5.55. The number of hydrogen-bond acceptors (Lipinski definition) is 7. The number of fused-ring (bicyclic) bond motifs is 1. The van der Waals surface area contributed by atoms with Crippen LogP contribution in [0, 0.1) is 6.92 Å². The Morgan fingerprint density at radius 3 is 2.96 bits per heavy atom. The standard InChI is InChI=1S/C18H17ClN4O4S/c1-9-20-16(27-23-9)15-11-5-6-26-8-14(11)28-17(15)22-18(24)21-12-7-10(19)3-4-13(12)25-2/h3-4,7H,5-6,8H2,1-2H3,(H2,21,22,24). The summed E-state index contributed by atoms with van der Waals surface area (Å²) in [5.41, 5.74) is 2.28. The lowest BCUT2D eigenvalue weighted by molar-refractivity contribution is 0.113. The summed E-state index contributed by atoms with van der Waals surface area (Å²) in [5, 5.41) is 10.6. The number of nitrogens with one attached hydrogen (secondary N) is 2. The fraction of sp³-hybridized carbons (Fsp3) is 0.278. The molecule has 2 aromatic heterocycles. The number of urea groups is 1. The molecule has 0 saturated heterocycles. The number of carbonyl (C=O) groups excluding carboxylic acids is 1. The average Bonchev–Trinajstić information content (AvgIpc) is 3.24. The van der Waals surface area contributed by atoms with Gasteiger partial charge < -0.3 is 19.3 Å². The van der Waals surface area contributed by atoms with E-state index in [0.717, 1.165) is 16.0 Å². The van der Waals surface area contributed by atoms with Crippen molar-refractivity contribution in [2.75, 3.05) is 24.4 Å². The zero-order valence-electron chi connectivity index (χ0n) is 15.2. The lowest BCUT2D eigenvalue weighted by Gasteiger charge is -2.12. The number of amides is 2. The fourth-order valence-corrected chi connectivity index (χ4v) is 4.32. The van der Waals surface area contributed by atoms with Crippen LogP contribution in [0.5, 0.6) is 5.75 Å². The van der Waals surface area contributed by atoms with Crippen molar-refractivity contribution in [3.63, 3.8) is 0 Å². The first-order chi connectivity index (χ1) is 13.5. The van der Waals surface area contributed by atoms with Gasteiger partial charge in [0.15, 0.2) is 5.82 Å². The average molecular weight is 421 g/mol. The summed E-state index contributed by atoms with van der Waals surface area (Å²) in [6, 6.07) is 4.56. The Hall–Kier alpha value is -2.62. The smallest absolute Gasteiger partial charge is 0.324 e. The van der Waals surface area contributed by atoms with E-state index in [2.05, 4.69) is 20.8 Å². The largest absolute Gasteiger partial charge is 0.495 e. The third-order valence-electron chi connectivity index (χ3n) is 4.20. The lowest BCUT2D eigenvalue weighted by atomic mass is 10.1. The van der Waals surface area contributed by atoms with Crippen LogP contribution in [0.1, 0.15) is 16.3 Å². The second kappa shape index (κ2) is 7.78. The Morgan fingerprint density at radius 1 is 1.36 bits per heavy atom. The van der Waals surface area contributed by atoms with Crippen molar-refractivity contribution in [1.29, 1.82) is 0 Å². The molecule has 0 spiro atoms. The molecule has 1 aliphatic heterocycles. The first-order valence-electron chi connectivity index (χ1n) is 8.49. The Balaban J connectivity index is 1.64. The quantitative estimate of drug-likeness (QED) is 0.645. The Kier molecular flexibility index (Phi) is 5.21. The van der Waals surface area contributed by atoms with E-state index in [4.69, 9.17) is 25.6 Å². The van der Waals surface area contributed by atoms with Crippen molar-refractivity contribution in [3.05, 3.63) is 39.5 Å². The highest BCUT2D eigenvalue weighted by Gasteiger charge is 2.27. The molecule has 1 aliphatic rings. The highest BCUT2D eigenvalue weighted by molar-refractivity contribution is 7.17. The molecule has 10 heteroatoms. The predicted octanol–water partition coefficient (Wildman–Crippen LogP) is 4.49. The SMILES string of the molecule is COc1ccc(Cl)cc1NC(=O)Nc1sc2c(c1-c1nc(C)no1)CCOC2. The van der Waals surface area contributed by atoms with Gasteiger partial charge >= 0.3 is 6.03 Å². The van der Waals surface area contributed by atoms with Gasteiger partial charge in [0.2, 0.25) is 0 Å². The van der Waals surface area contributed by atoms with Crippen molar-refractivity contribution in [2.45, 2.75) is 20.0 Å². The highest BCUT2D eigenvalue weighted by Crippen LogP contribution is 2.42. The minimum atomic E-state index is -0.433. The normalized spacial score (nSPS) is 13.1. The van der Waals surface area contributed by atoms with Crippen LogP contribution in [0.25, 0.3) is 11.5 Å². The molecule has 28 heavy (non-hydrogen) atoms. The number of aryl methyl sites for hydroxylation is 1. The highest BCUT2D eigenvalue weighted by atomic mass is 35.5. The van der Waals surface area contributed by atoms with E-state index in [1.54, 1.807) is 25.1 Å². The van der Waals surface area contributed by atoms with E-state index >= 15 is 0 Å². The molecule has 0 radical (unpaired) electrons. The van der Waals surface area contributed by atoms with Crippen LogP contribution in [0.4, 0.5) is 15.5 Å². The molecule has 0 saturated carbocycles. The minimum Gasteiger partial charge on any atom is -0.495 e.